The van der Waals surface area contributed by atoms with Crippen molar-refractivity contribution >= 4 is 11.0 Å². The van der Waals surface area contributed by atoms with Gasteiger partial charge in [-0.15, -0.1) is 0 Å². The van der Waals surface area contributed by atoms with Gasteiger partial charge in [0.2, 0.25) is 6.79 Å². The van der Waals surface area contributed by atoms with Gasteiger partial charge >= 0.3 is 0 Å². The number of likely N-dealkylation sites (N-methyl/N-ethyl adjacent to an activating group) is 1. The molecule has 0 saturated heterocycles. The van der Waals surface area contributed by atoms with E-state index in [2.05, 4.69) is 42.3 Å². The topological polar surface area (TPSA) is 34.8 Å². The van der Waals surface area contributed by atoms with Crippen molar-refractivity contribution in [2.75, 3.05) is 26.9 Å². The summed E-state index contributed by atoms with van der Waals surface area (Å²) in [4.78, 5) is 2.46. The molecule has 0 spiro atoms. The summed E-state index contributed by atoms with van der Waals surface area (Å²) < 4.78 is 16.7. The average Bonchev–Trinajstić information content (AvgIpc) is 3.35. The van der Waals surface area contributed by atoms with E-state index in [1.807, 2.05) is 12.3 Å². The molecule has 0 amide bonds. The SMILES string of the molecule is CN(CCc1ccc2c(c1)OCO2)C[C@@H]1CCCc2c1ccc1ccoc21. The van der Waals surface area contributed by atoms with Crippen LogP contribution < -0.4 is 9.47 Å². The first-order valence-electron chi connectivity index (χ1n) is 9.84. The maximum Gasteiger partial charge on any atom is 0.231 e. The number of ether oxygens (including phenoxy) is 2. The van der Waals surface area contributed by atoms with E-state index in [9.17, 15) is 0 Å². The van der Waals surface area contributed by atoms with Gasteiger partial charge in [-0.05, 0) is 73.5 Å². The van der Waals surface area contributed by atoms with Gasteiger partial charge in [0.15, 0.2) is 11.5 Å². The summed E-state index contributed by atoms with van der Waals surface area (Å²) in [6, 6.07) is 12.9. The minimum atomic E-state index is 0.336. The molecule has 2 aromatic carbocycles. The molecule has 1 aliphatic carbocycles. The molecule has 0 bridgehead atoms. The fourth-order valence-electron chi connectivity index (χ4n) is 4.50. The van der Waals surface area contributed by atoms with Gasteiger partial charge in [0.05, 0.1) is 6.26 Å². The molecule has 1 aromatic heterocycles. The molecule has 0 unspecified atom stereocenters. The number of furan rings is 1. The average molecular weight is 363 g/mol. The lowest BCUT2D eigenvalue weighted by Gasteiger charge is -2.29. The zero-order valence-corrected chi connectivity index (χ0v) is 15.7. The molecular formula is C23H25NO3. The van der Waals surface area contributed by atoms with Gasteiger partial charge in [-0.1, -0.05) is 18.2 Å². The Hall–Kier alpha value is -2.46. The lowest BCUT2D eigenvalue weighted by molar-refractivity contribution is 0.174. The molecule has 3 aromatic rings. The van der Waals surface area contributed by atoms with Crippen LogP contribution in [0.1, 0.15) is 35.4 Å². The summed E-state index contributed by atoms with van der Waals surface area (Å²) in [5, 5.41) is 1.23. The highest BCUT2D eigenvalue weighted by molar-refractivity contribution is 5.82. The molecule has 2 heterocycles. The van der Waals surface area contributed by atoms with E-state index >= 15 is 0 Å². The monoisotopic (exact) mass is 363 g/mol. The second-order valence-corrected chi connectivity index (χ2v) is 7.76. The summed E-state index contributed by atoms with van der Waals surface area (Å²) >= 11 is 0. The van der Waals surface area contributed by atoms with Gasteiger partial charge in [-0.3, -0.25) is 0 Å². The fraction of sp³-hybridized carbons (Fsp3) is 0.391. The van der Waals surface area contributed by atoms with Crippen molar-refractivity contribution in [3.8, 4) is 11.5 Å². The Kier molecular flexibility index (Phi) is 4.29. The van der Waals surface area contributed by atoms with Crippen molar-refractivity contribution in [2.24, 2.45) is 0 Å². The Labute approximate surface area is 159 Å². The molecule has 0 fully saturated rings. The fourth-order valence-corrected chi connectivity index (χ4v) is 4.50. The van der Waals surface area contributed by atoms with Gasteiger partial charge in [-0.25, -0.2) is 0 Å². The van der Waals surface area contributed by atoms with E-state index < -0.39 is 0 Å². The highest BCUT2D eigenvalue weighted by Crippen LogP contribution is 2.37. The van der Waals surface area contributed by atoms with E-state index in [0.29, 0.717) is 12.7 Å². The molecule has 1 aliphatic heterocycles. The predicted molar refractivity (Wildman–Crippen MR) is 106 cm³/mol. The van der Waals surface area contributed by atoms with Crippen molar-refractivity contribution in [3.63, 3.8) is 0 Å². The molecule has 140 valence electrons. The number of nitrogens with zero attached hydrogens (tertiary/aromatic N) is 1. The van der Waals surface area contributed by atoms with Crippen LogP contribution in [0.15, 0.2) is 47.1 Å². The van der Waals surface area contributed by atoms with Crippen LogP contribution in [-0.2, 0) is 12.8 Å². The molecule has 2 aliphatic rings. The van der Waals surface area contributed by atoms with Crippen LogP contribution in [0.3, 0.4) is 0 Å². The number of benzene rings is 2. The molecule has 0 N–H and O–H groups in total. The van der Waals surface area contributed by atoms with Crippen LogP contribution in [0.25, 0.3) is 11.0 Å². The van der Waals surface area contributed by atoms with Crippen LogP contribution >= 0.6 is 0 Å². The van der Waals surface area contributed by atoms with Crippen molar-refractivity contribution in [3.05, 3.63) is 59.4 Å². The molecule has 0 saturated carbocycles. The zero-order chi connectivity index (χ0) is 18.2. The van der Waals surface area contributed by atoms with E-state index in [1.165, 1.54) is 34.9 Å². The summed E-state index contributed by atoms with van der Waals surface area (Å²) in [5.74, 6) is 2.32. The molecular weight excluding hydrogens is 338 g/mol. The minimum absolute atomic E-state index is 0.336. The molecule has 1 atom stereocenters. The van der Waals surface area contributed by atoms with Crippen LogP contribution in [-0.4, -0.2) is 31.8 Å². The molecule has 4 nitrogen and oxygen atoms in total. The van der Waals surface area contributed by atoms with E-state index in [0.717, 1.165) is 43.0 Å². The summed E-state index contributed by atoms with van der Waals surface area (Å²) in [6.07, 6.45) is 6.47. The van der Waals surface area contributed by atoms with E-state index in [1.54, 1.807) is 0 Å². The third-order valence-corrected chi connectivity index (χ3v) is 5.93. The van der Waals surface area contributed by atoms with E-state index in [4.69, 9.17) is 13.9 Å². The lowest BCUT2D eigenvalue weighted by atomic mass is 9.82. The van der Waals surface area contributed by atoms with Crippen molar-refractivity contribution in [2.45, 2.75) is 31.6 Å². The summed E-state index contributed by atoms with van der Waals surface area (Å²) in [5.41, 5.74) is 5.31. The van der Waals surface area contributed by atoms with E-state index in [-0.39, 0.29) is 0 Å². The van der Waals surface area contributed by atoms with Crippen molar-refractivity contribution in [1.82, 2.24) is 4.90 Å². The Morgan fingerprint density at radius 3 is 2.96 bits per heavy atom. The highest BCUT2D eigenvalue weighted by atomic mass is 16.7. The lowest BCUT2D eigenvalue weighted by Crippen LogP contribution is -2.28. The van der Waals surface area contributed by atoms with Gasteiger partial charge in [0, 0.05) is 18.5 Å². The number of fused-ring (bicyclic) bond motifs is 4. The maximum atomic E-state index is 5.78. The zero-order valence-electron chi connectivity index (χ0n) is 15.7. The van der Waals surface area contributed by atoms with Crippen LogP contribution in [0.4, 0.5) is 0 Å². The molecule has 5 rings (SSSR count). The highest BCUT2D eigenvalue weighted by Gasteiger charge is 2.24. The normalized spacial score (nSPS) is 18.2. The predicted octanol–water partition coefficient (Wildman–Crippen LogP) is 4.76. The van der Waals surface area contributed by atoms with Crippen LogP contribution in [0.5, 0.6) is 11.5 Å². The third kappa shape index (κ3) is 3.19. The minimum Gasteiger partial charge on any atom is -0.464 e. The first kappa shape index (κ1) is 16.7. The maximum absolute atomic E-state index is 5.78. The quantitative estimate of drug-likeness (QED) is 0.655. The molecule has 4 heteroatoms. The number of rotatable bonds is 5. The Morgan fingerprint density at radius 1 is 1.07 bits per heavy atom. The van der Waals surface area contributed by atoms with Gasteiger partial charge in [0.25, 0.3) is 0 Å². The molecule has 27 heavy (non-hydrogen) atoms. The van der Waals surface area contributed by atoms with Crippen LogP contribution in [0, 0.1) is 0 Å². The Bertz CT molecular complexity index is 961. The second-order valence-electron chi connectivity index (χ2n) is 7.76. The van der Waals surface area contributed by atoms with Gasteiger partial charge < -0.3 is 18.8 Å². The van der Waals surface area contributed by atoms with Crippen molar-refractivity contribution < 1.29 is 13.9 Å². The number of hydrogen-bond donors (Lipinski definition) is 0. The Morgan fingerprint density at radius 2 is 2.00 bits per heavy atom. The largest absolute Gasteiger partial charge is 0.464 e. The van der Waals surface area contributed by atoms with Gasteiger partial charge in [-0.2, -0.15) is 0 Å². The first-order chi connectivity index (χ1) is 13.3. The smallest absolute Gasteiger partial charge is 0.231 e. The first-order valence-corrected chi connectivity index (χ1v) is 9.84. The summed E-state index contributed by atoms with van der Waals surface area (Å²) in [6.45, 7) is 2.46. The van der Waals surface area contributed by atoms with Crippen molar-refractivity contribution in [1.29, 1.82) is 0 Å². The summed E-state index contributed by atoms with van der Waals surface area (Å²) in [7, 11) is 2.23. The van der Waals surface area contributed by atoms with Gasteiger partial charge in [0.1, 0.15) is 5.58 Å². The molecule has 0 radical (unpaired) electrons. The second kappa shape index (κ2) is 6.93. The number of aryl methyl sites for hydroxylation is 1. The number of hydrogen-bond acceptors (Lipinski definition) is 4. The third-order valence-electron chi connectivity index (χ3n) is 5.93. The standard InChI is InChI=1S/C23H25NO3/c1-24(11-9-16-5-8-21-22(13-16)27-15-26-21)14-18-3-2-4-20-19(18)7-6-17-10-12-25-23(17)20/h5-8,10,12-13,18H,2-4,9,11,14-15H2,1H3/t18-/m0/s1. The Balaban J connectivity index is 1.26. The van der Waals surface area contributed by atoms with Crippen LogP contribution in [0.2, 0.25) is 0 Å².